The van der Waals surface area contributed by atoms with Crippen LogP contribution in [0.1, 0.15) is 27.2 Å². The van der Waals surface area contributed by atoms with Crippen molar-refractivity contribution in [2.24, 2.45) is 5.92 Å². The molecule has 4 heteroatoms. The lowest BCUT2D eigenvalue weighted by atomic mass is 10.1. The Morgan fingerprint density at radius 3 is 2.17 bits per heavy atom. The van der Waals surface area contributed by atoms with Gasteiger partial charge in [-0.15, -0.1) is 0 Å². The van der Waals surface area contributed by atoms with Crippen LogP contribution < -0.4 is 0 Å². The smallest absolute Gasteiger partial charge is 0.339 e. The van der Waals surface area contributed by atoms with Gasteiger partial charge in [-0.05, 0) is 19.3 Å². The summed E-state index contributed by atoms with van der Waals surface area (Å²) in [4.78, 5) is 9.78. The number of hydrogen-bond donors (Lipinski definition) is 0. The van der Waals surface area contributed by atoms with Crippen molar-refractivity contribution in [3.8, 4) is 0 Å². The molecule has 0 aliphatic rings. The highest BCUT2D eigenvalue weighted by molar-refractivity contribution is 6.52. The Labute approximate surface area is 83.2 Å². The van der Waals surface area contributed by atoms with Crippen molar-refractivity contribution in [3.63, 3.8) is 0 Å². The molecule has 0 fully saturated rings. The van der Waals surface area contributed by atoms with Crippen LogP contribution in [0.3, 0.4) is 0 Å². The predicted molar refractivity (Wildman–Crippen MR) is 50.5 cm³/mol. The normalized spacial score (nSPS) is 13.6. The van der Waals surface area contributed by atoms with Crippen molar-refractivity contribution >= 4 is 29.2 Å². The molecule has 0 N–H and O–H groups in total. The van der Waals surface area contributed by atoms with E-state index >= 15 is 0 Å². The summed E-state index contributed by atoms with van der Waals surface area (Å²) in [7, 11) is 0. The second-order valence-corrected chi connectivity index (χ2v) is 4.27. The molecule has 0 aliphatic heterocycles. The van der Waals surface area contributed by atoms with E-state index in [-0.39, 0.29) is 6.10 Å². The minimum absolute atomic E-state index is 0.113. The first-order valence-electron chi connectivity index (χ1n) is 3.92. The average Bonchev–Trinajstić information content (AvgIpc) is 1.84. The van der Waals surface area contributed by atoms with E-state index in [4.69, 9.17) is 27.9 Å². The minimum atomic E-state index is -1.07. The van der Waals surface area contributed by atoms with Gasteiger partial charge in [0.25, 0.3) is 0 Å². The molecule has 2 nitrogen and oxygen atoms in total. The van der Waals surface area contributed by atoms with E-state index < -0.39 is 10.8 Å². The summed E-state index contributed by atoms with van der Waals surface area (Å²) >= 11 is 10.6. The molecule has 0 heterocycles. The number of rotatable bonds is 4. The van der Waals surface area contributed by atoms with Crippen LogP contribution in [0.15, 0.2) is 0 Å². The van der Waals surface area contributed by atoms with Gasteiger partial charge in [0.2, 0.25) is 4.84 Å². The van der Waals surface area contributed by atoms with Crippen LogP contribution in [0.25, 0.3) is 0 Å². The third kappa shape index (κ3) is 5.67. The fourth-order valence-electron chi connectivity index (χ4n) is 0.962. The Morgan fingerprint density at radius 2 is 1.83 bits per heavy atom. The number of carbonyl (C=O) groups excluding carboxylic acids is 1. The summed E-state index contributed by atoms with van der Waals surface area (Å²) < 4.78 is 4.92. The van der Waals surface area contributed by atoms with E-state index in [0.717, 1.165) is 6.42 Å². The molecule has 1 unspecified atom stereocenters. The molecule has 0 bridgehead atoms. The molecule has 0 aromatic rings. The van der Waals surface area contributed by atoms with Gasteiger partial charge in [0.1, 0.15) is 0 Å². The summed E-state index contributed by atoms with van der Waals surface area (Å²) in [5.41, 5.74) is 0. The first-order valence-corrected chi connectivity index (χ1v) is 4.79. The molecule has 0 rings (SSSR count). The zero-order valence-electron chi connectivity index (χ0n) is 7.51. The molecule has 1 atom stereocenters. The maximum Gasteiger partial charge on any atom is 0.339 e. The van der Waals surface area contributed by atoms with Gasteiger partial charge in [0, 0.05) is 0 Å². The summed E-state index contributed by atoms with van der Waals surface area (Å²) in [6, 6.07) is 0. The number of alkyl halides is 2. The van der Waals surface area contributed by atoms with E-state index in [9.17, 15) is 4.79 Å². The van der Waals surface area contributed by atoms with E-state index in [1.165, 1.54) is 0 Å². The Kier molecular flexibility index (Phi) is 5.68. The minimum Gasteiger partial charge on any atom is -0.461 e. The number of esters is 1. The van der Waals surface area contributed by atoms with Crippen LogP contribution in [-0.4, -0.2) is 16.9 Å². The summed E-state index contributed by atoms with van der Waals surface area (Å²) in [5, 5.41) is 0. The van der Waals surface area contributed by atoms with E-state index in [0.29, 0.717) is 5.92 Å². The van der Waals surface area contributed by atoms with Crippen molar-refractivity contribution in [1.82, 2.24) is 0 Å². The van der Waals surface area contributed by atoms with Crippen LogP contribution in [0, 0.1) is 5.92 Å². The number of carbonyl (C=O) groups is 1. The topological polar surface area (TPSA) is 26.3 Å². The predicted octanol–water partition coefficient (Wildman–Crippen LogP) is 2.77. The molecule has 0 radical (unpaired) electrons. The average molecular weight is 213 g/mol. The molecule has 0 saturated heterocycles. The van der Waals surface area contributed by atoms with E-state index in [1.807, 2.05) is 6.92 Å². The van der Waals surface area contributed by atoms with E-state index in [1.54, 1.807) is 0 Å². The van der Waals surface area contributed by atoms with Crippen LogP contribution in [-0.2, 0) is 9.53 Å². The van der Waals surface area contributed by atoms with Gasteiger partial charge in [-0.25, -0.2) is 4.79 Å². The van der Waals surface area contributed by atoms with Gasteiger partial charge in [-0.2, -0.15) is 0 Å². The van der Waals surface area contributed by atoms with Crippen LogP contribution in [0.4, 0.5) is 0 Å². The first kappa shape index (κ1) is 12.0. The number of halogens is 2. The highest BCUT2D eigenvalue weighted by Crippen LogP contribution is 2.11. The Morgan fingerprint density at radius 1 is 1.33 bits per heavy atom. The van der Waals surface area contributed by atoms with Crippen LogP contribution in [0.2, 0.25) is 0 Å². The third-order valence-corrected chi connectivity index (χ3v) is 1.66. The summed E-state index contributed by atoms with van der Waals surface area (Å²) in [5.74, 6) is -0.0663. The summed E-state index contributed by atoms with van der Waals surface area (Å²) in [6.45, 7) is 5.94. The number of ether oxygens (including phenoxy) is 1. The highest BCUT2D eigenvalue weighted by Gasteiger charge is 2.16. The first-order chi connectivity index (χ1) is 5.43. The maximum atomic E-state index is 10.8. The fraction of sp³-hybridized carbons (Fsp3) is 0.875. The van der Waals surface area contributed by atoms with Crippen LogP contribution >= 0.6 is 23.2 Å². The van der Waals surface area contributed by atoms with Gasteiger partial charge >= 0.3 is 5.97 Å². The Balaban J connectivity index is 3.69. The molecular formula is C8H14Cl2O2. The summed E-state index contributed by atoms with van der Waals surface area (Å²) in [6.07, 6.45) is 0.712. The van der Waals surface area contributed by atoms with Crippen LogP contribution in [0.5, 0.6) is 0 Å². The molecular weight excluding hydrogens is 199 g/mol. The Hall–Kier alpha value is 0.0500. The van der Waals surface area contributed by atoms with Crippen molar-refractivity contribution in [2.45, 2.75) is 38.1 Å². The van der Waals surface area contributed by atoms with Crippen molar-refractivity contribution < 1.29 is 9.53 Å². The molecule has 0 aromatic carbocycles. The van der Waals surface area contributed by atoms with Crippen molar-refractivity contribution in [3.05, 3.63) is 0 Å². The lowest BCUT2D eigenvalue weighted by Gasteiger charge is -2.15. The van der Waals surface area contributed by atoms with Gasteiger partial charge in [-0.1, -0.05) is 37.0 Å². The zero-order chi connectivity index (χ0) is 9.72. The molecule has 72 valence electrons. The standard InChI is InChI=1S/C8H14Cl2O2/c1-5(2)4-6(3)12-8(11)7(9)10/h5-7H,4H2,1-3H3. The number of hydrogen-bond acceptors (Lipinski definition) is 2. The third-order valence-electron chi connectivity index (χ3n) is 1.30. The van der Waals surface area contributed by atoms with Gasteiger partial charge in [-0.3, -0.25) is 0 Å². The SMILES string of the molecule is CC(C)CC(C)OC(=O)C(Cl)Cl. The zero-order valence-corrected chi connectivity index (χ0v) is 9.02. The fourth-order valence-corrected chi connectivity index (χ4v) is 1.06. The largest absolute Gasteiger partial charge is 0.461 e. The molecule has 0 aliphatic carbocycles. The van der Waals surface area contributed by atoms with Gasteiger partial charge < -0.3 is 4.74 Å². The van der Waals surface area contributed by atoms with Crippen molar-refractivity contribution in [2.75, 3.05) is 0 Å². The monoisotopic (exact) mass is 212 g/mol. The lowest BCUT2D eigenvalue weighted by Crippen LogP contribution is -2.20. The Bertz CT molecular complexity index is 146. The molecule has 0 saturated carbocycles. The van der Waals surface area contributed by atoms with E-state index in [2.05, 4.69) is 13.8 Å². The van der Waals surface area contributed by atoms with Gasteiger partial charge in [0.15, 0.2) is 0 Å². The molecule has 0 aromatic heterocycles. The van der Waals surface area contributed by atoms with Crippen molar-refractivity contribution in [1.29, 1.82) is 0 Å². The molecule has 0 amide bonds. The quantitative estimate of drug-likeness (QED) is 0.530. The lowest BCUT2D eigenvalue weighted by molar-refractivity contribution is -0.146. The molecule has 0 spiro atoms. The maximum absolute atomic E-state index is 10.8. The second-order valence-electron chi connectivity index (χ2n) is 3.18. The molecule has 12 heavy (non-hydrogen) atoms. The second kappa shape index (κ2) is 5.65. The van der Waals surface area contributed by atoms with Gasteiger partial charge in [0.05, 0.1) is 6.10 Å². The highest BCUT2D eigenvalue weighted by atomic mass is 35.5.